The topological polar surface area (TPSA) is 52.5 Å². The number of aromatic nitrogens is 2. The highest BCUT2D eigenvalue weighted by molar-refractivity contribution is 5.77. The van der Waals surface area contributed by atoms with Crippen LogP contribution in [0.2, 0.25) is 0 Å². The van der Waals surface area contributed by atoms with Gasteiger partial charge in [0.1, 0.15) is 11.5 Å². The third-order valence-electron chi connectivity index (χ3n) is 3.37. The number of aromatic amines is 1. The summed E-state index contributed by atoms with van der Waals surface area (Å²) in [6, 6.07) is 5.63. The van der Waals surface area contributed by atoms with Gasteiger partial charge >= 0.3 is 0 Å². The van der Waals surface area contributed by atoms with E-state index in [0.29, 0.717) is 5.65 Å². The molecule has 1 saturated carbocycles. The van der Waals surface area contributed by atoms with Crippen molar-refractivity contribution in [1.29, 1.82) is 5.26 Å². The summed E-state index contributed by atoms with van der Waals surface area (Å²) >= 11 is 0. The van der Waals surface area contributed by atoms with Crippen LogP contribution in [0.4, 0.5) is 4.39 Å². The standard InChI is InChI=1S/C12H10FN3/c13-9-4-8-5-10(16-11(8)15-6-9)12(7-14)2-1-3-12/h4-6H,1-3H2,(H,15,16). The largest absolute Gasteiger partial charge is 0.342 e. The molecule has 1 aliphatic carbocycles. The van der Waals surface area contributed by atoms with E-state index < -0.39 is 5.41 Å². The van der Waals surface area contributed by atoms with E-state index in [0.717, 1.165) is 30.3 Å². The Labute approximate surface area is 91.9 Å². The normalized spacial score (nSPS) is 18.0. The minimum Gasteiger partial charge on any atom is -0.342 e. The second-order valence-electron chi connectivity index (χ2n) is 4.32. The van der Waals surface area contributed by atoms with E-state index in [4.69, 9.17) is 0 Å². The van der Waals surface area contributed by atoms with Crippen LogP contribution in [-0.4, -0.2) is 9.97 Å². The van der Waals surface area contributed by atoms with Crippen LogP contribution >= 0.6 is 0 Å². The van der Waals surface area contributed by atoms with Crippen molar-refractivity contribution in [2.24, 2.45) is 0 Å². The molecule has 0 amide bonds. The maximum absolute atomic E-state index is 13.0. The second kappa shape index (κ2) is 3.05. The van der Waals surface area contributed by atoms with Crippen LogP contribution < -0.4 is 0 Å². The molecule has 1 aliphatic rings. The first kappa shape index (κ1) is 9.34. The van der Waals surface area contributed by atoms with Crippen LogP contribution in [0.3, 0.4) is 0 Å². The first-order chi connectivity index (χ1) is 7.73. The zero-order valence-corrected chi connectivity index (χ0v) is 8.63. The summed E-state index contributed by atoms with van der Waals surface area (Å²) in [7, 11) is 0. The van der Waals surface area contributed by atoms with Gasteiger partial charge in [-0.25, -0.2) is 9.37 Å². The molecule has 0 aromatic carbocycles. The quantitative estimate of drug-likeness (QED) is 0.795. The summed E-state index contributed by atoms with van der Waals surface area (Å²) in [5.74, 6) is -0.349. The average molecular weight is 215 g/mol. The molecule has 1 fully saturated rings. The summed E-state index contributed by atoms with van der Waals surface area (Å²) in [5.41, 5.74) is 1.13. The molecular formula is C12H10FN3. The average Bonchev–Trinajstić information content (AvgIpc) is 2.60. The third-order valence-corrected chi connectivity index (χ3v) is 3.37. The highest BCUT2D eigenvalue weighted by Crippen LogP contribution is 2.43. The Morgan fingerprint density at radius 1 is 1.44 bits per heavy atom. The molecule has 80 valence electrons. The van der Waals surface area contributed by atoms with Crippen LogP contribution in [-0.2, 0) is 5.41 Å². The fourth-order valence-electron chi connectivity index (χ4n) is 2.22. The number of rotatable bonds is 1. The number of pyridine rings is 1. The van der Waals surface area contributed by atoms with Crippen molar-refractivity contribution in [3.8, 4) is 6.07 Å². The van der Waals surface area contributed by atoms with Gasteiger partial charge in [0, 0.05) is 11.1 Å². The van der Waals surface area contributed by atoms with Crippen molar-refractivity contribution < 1.29 is 4.39 Å². The minimum atomic E-state index is -0.392. The Bertz CT molecular complexity index is 590. The van der Waals surface area contributed by atoms with Crippen LogP contribution in [0, 0.1) is 17.1 Å². The van der Waals surface area contributed by atoms with Gasteiger partial charge in [0.05, 0.1) is 17.7 Å². The van der Waals surface area contributed by atoms with Crippen LogP contribution in [0.25, 0.3) is 11.0 Å². The Kier molecular flexibility index (Phi) is 1.78. The molecule has 2 aromatic rings. The summed E-state index contributed by atoms with van der Waals surface area (Å²) in [6.07, 6.45) is 4.00. The van der Waals surface area contributed by atoms with Gasteiger partial charge in [-0.3, -0.25) is 0 Å². The molecule has 2 heterocycles. The predicted molar refractivity (Wildman–Crippen MR) is 57.2 cm³/mol. The third kappa shape index (κ3) is 1.15. The van der Waals surface area contributed by atoms with Crippen molar-refractivity contribution in [2.75, 3.05) is 0 Å². The van der Waals surface area contributed by atoms with E-state index in [1.54, 1.807) is 0 Å². The lowest BCUT2D eigenvalue weighted by Crippen LogP contribution is -2.32. The minimum absolute atomic E-state index is 0.349. The molecule has 4 heteroatoms. The highest BCUT2D eigenvalue weighted by Gasteiger charge is 2.40. The van der Waals surface area contributed by atoms with Crippen molar-refractivity contribution >= 4 is 11.0 Å². The molecule has 1 N–H and O–H groups in total. The number of hydrogen-bond donors (Lipinski definition) is 1. The van der Waals surface area contributed by atoms with Gasteiger partial charge in [-0.2, -0.15) is 5.26 Å². The van der Waals surface area contributed by atoms with E-state index >= 15 is 0 Å². The van der Waals surface area contributed by atoms with E-state index in [2.05, 4.69) is 16.0 Å². The van der Waals surface area contributed by atoms with E-state index in [1.165, 1.54) is 12.3 Å². The number of H-pyrrole nitrogens is 1. The predicted octanol–water partition coefficient (Wildman–Crippen LogP) is 2.65. The first-order valence-electron chi connectivity index (χ1n) is 5.29. The lowest BCUT2D eigenvalue weighted by Gasteiger charge is -2.34. The summed E-state index contributed by atoms with van der Waals surface area (Å²) < 4.78 is 13.0. The van der Waals surface area contributed by atoms with Gasteiger partial charge in [-0.15, -0.1) is 0 Å². The number of hydrogen-bond acceptors (Lipinski definition) is 2. The van der Waals surface area contributed by atoms with Gasteiger partial charge in [-0.05, 0) is 31.4 Å². The van der Waals surface area contributed by atoms with Crippen LogP contribution in [0.1, 0.15) is 25.0 Å². The second-order valence-corrected chi connectivity index (χ2v) is 4.32. The number of nitrogens with one attached hydrogen (secondary N) is 1. The summed E-state index contributed by atoms with van der Waals surface area (Å²) in [4.78, 5) is 7.08. The molecule has 0 bridgehead atoms. The summed E-state index contributed by atoms with van der Waals surface area (Å²) in [5, 5.41) is 9.94. The lowest BCUT2D eigenvalue weighted by atomic mass is 9.68. The molecular weight excluding hydrogens is 205 g/mol. The number of halogens is 1. The number of fused-ring (bicyclic) bond motifs is 1. The Balaban J connectivity index is 2.16. The number of nitrogens with zero attached hydrogens (tertiary/aromatic N) is 2. The molecule has 2 aromatic heterocycles. The smallest absolute Gasteiger partial charge is 0.142 e. The molecule has 16 heavy (non-hydrogen) atoms. The fraction of sp³-hybridized carbons (Fsp3) is 0.333. The van der Waals surface area contributed by atoms with Crippen molar-refractivity contribution in [2.45, 2.75) is 24.7 Å². The molecule has 0 aliphatic heterocycles. The fourth-order valence-corrected chi connectivity index (χ4v) is 2.22. The zero-order chi connectivity index (χ0) is 11.2. The van der Waals surface area contributed by atoms with Gasteiger partial charge < -0.3 is 4.98 Å². The zero-order valence-electron chi connectivity index (χ0n) is 8.63. The molecule has 0 radical (unpaired) electrons. The number of nitriles is 1. The van der Waals surface area contributed by atoms with Gasteiger partial charge in [-0.1, -0.05) is 0 Å². The van der Waals surface area contributed by atoms with Crippen molar-refractivity contribution in [3.63, 3.8) is 0 Å². The van der Waals surface area contributed by atoms with Gasteiger partial charge in [0.25, 0.3) is 0 Å². The van der Waals surface area contributed by atoms with Crippen LogP contribution in [0.15, 0.2) is 18.3 Å². The maximum Gasteiger partial charge on any atom is 0.142 e. The SMILES string of the molecule is N#CC1(c2cc3cc(F)cnc3[nH]2)CCC1. The molecule has 3 rings (SSSR count). The van der Waals surface area contributed by atoms with E-state index in [-0.39, 0.29) is 5.82 Å². The summed E-state index contributed by atoms with van der Waals surface area (Å²) in [6.45, 7) is 0. The molecule has 0 unspecified atom stereocenters. The Hall–Kier alpha value is -1.89. The molecule has 0 saturated heterocycles. The van der Waals surface area contributed by atoms with Crippen LogP contribution in [0.5, 0.6) is 0 Å². The lowest BCUT2D eigenvalue weighted by molar-refractivity contribution is 0.317. The van der Waals surface area contributed by atoms with E-state index in [9.17, 15) is 9.65 Å². The maximum atomic E-state index is 13.0. The van der Waals surface area contributed by atoms with Crippen molar-refractivity contribution in [3.05, 3.63) is 29.8 Å². The molecule has 0 atom stereocenters. The Morgan fingerprint density at radius 3 is 2.88 bits per heavy atom. The molecule has 0 spiro atoms. The highest BCUT2D eigenvalue weighted by atomic mass is 19.1. The van der Waals surface area contributed by atoms with Crippen molar-refractivity contribution in [1.82, 2.24) is 9.97 Å². The van der Waals surface area contributed by atoms with Gasteiger partial charge in [0.15, 0.2) is 0 Å². The molecule has 3 nitrogen and oxygen atoms in total. The van der Waals surface area contributed by atoms with Gasteiger partial charge in [0.2, 0.25) is 0 Å². The Morgan fingerprint density at radius 2 is 2.25 bits per heavy atom. The monoisotopic (exact) mass is 215 g/mol. The first-order valence-corrected chi connectivity index (χ1v) is 5.29. The van der Waals surface area contributed by atoms with E-state index in [1.807, 2.05) is 6.07 Å².